The summed E-state index contributed by atoms with van der Waals surface area (Å²) in [7, 11) is 0. The highest BCUT2D eigenvalue weighted by atomic mass is 35.5. The lowest BCUT2D eigenvalue weighted by atomic mass is 9.99. The molecule has 1 unspecified atom stereocenters. The minimum Gasteiger partial charge on any atom is -0.324 e. The lowest BCUT2D eigenvalue weighted by Gasteiger charge is -2.13. The first-order valence-electron chi connectivity index (χ1n) is 6.27. The smallest absolute Gasteiger partial charge is 0.0411 e. The number of benzene rings is 1. The Morgan fingerprint density at radius 1 is 1.29 bits per heavy atom. The third-order valence-electron chi connectivity index (χ3n) is 2.92. The van der Waals surface area contributed by atoms with Gasteiger partial charge in [-0.15, -0.1) is 6.58 Å². The summed E-state index contributed by atoms with van der Waals surface area (Å²) in [6, 6.07) is 6.17. The van der Waals surface area contributed by atoms with Gasteiger partial charge in [-0.3, -0.25) is 0 Å². The molecule has 0 heterocycles. The molecule has 0 aliphatic heterocycles. The van der Waals surface area contributed by atoms with Crippen LogP contribution in [0.1, 0.15) is 49.3 Å². The fourth-order valence-corrected chi connectivity index (χ4v) is 2.27. The predicted molar refractivity (Wildman–Crippen MR) is 76.4 cm³/mol. The number of aryl methyl sites for hydroxylation is 1. The molecular formula is C15H22ClN. The van der Waals surface area contributed by atoms with Crippen molar-refractivity contribution in [3.05, 3.63) is 47.0 Å². The van der Waals surface area contributed by atoms with Crippen molar-refractivity contribution in [3.63, 3.8) is 0 Å². The van der Waals surface area contributed by atoms with Crippen molar-refractivity contribution in [2.45, 2.75) is 45.1 Å². The summed E-state index contributed by atoms with van der Waals surface area (Å²) in [4.78, 5) is 0. The van der Waals surface area contributed by atoms with Crippen molar-refractivity contribution in [2.24, 2.45) is 5.73 Å². The first-order chi connectivity index (χ1) is 8.13. The molecule has 1 atom stereocenters. The average Bonchev–Trinajstić information content (AvgIpc) is 2.27. The zero-order chi connectivity index (χ0) is 12.7. The van der Waals surface area contributed by atoms with Gasteiger partial charge >= 0.3 is 0 Å². The van der Waals surface area contributed by atoms with Gasteiger partial charge in [0.15, 0.2) is 0 Å². The van der Waals surface area contributed by atoms with Crippen LogP contribution in [0.3, 0.4) is 0 Å². The van der Waals surface area contributed by atoms with E-state index in [0.29, 0.717) is 0 Å². The Morgan fingerprint density at radius 2 is 2.06 bits per heavy atom. The van der Waals surface area contributed by atoms with Gasteiger partial charge in [0.25, 0.3) is 0 Å². The standard InChI is InChI=1S/C15H22ClN/c1-3-4-5-6-7-8-15(17)13-9-12(2)10-14(16)11-13/h3,9-11,15H,1,4-8,17H2,2H3. The number of unbranched alkanes of at least 4 members (excludes halogenated alkanes) is 3. The summed E-state index contributed by atoms with van der Waals surface area (Å²) in [6.45, 7) is 5.77. The topological polar surface area (TPSA) is 26.0 Å². The fraction of sp³-hybridized carbons (Fsp3) is 0.467. The zero-order valence-corrected chi connectivity index (χ0v) is 11.3. The van der Waals surface area contributed by atoms with Gasteiger partial charge in [0.2, 0.25) is 0 Å². The van der Waals surface area contributed by atoms with Crippen LogP contribution < -0.4 is 5.73 Å². The first kappa shape index (κ1) is 14.3. The molecule has 1 aromatic rings. The molecule has 0 radical (unpaired) electrons. The Morgan fingerprint density at radius 3 is 2.71 bits per heavy atom. The van der Waals surface area contributed by atoms with Gasteiger partial charge in [0.05, 0.1) is 0 Å². The first-order valence-corrected chi connectivity index (χ1v) is 6.65. The molecule has 0 saturated carbocycles. The van der Waals surface area contributed by atoms with E-state index in [9.17, 15) is 0 Å². The van der Waals surface area contributed by atoms with Gasteiger partial charge in [0.1, 0.15) is 0 Å². The van der Waals surface area contributed by atoms with Gasteiger partial charge in [-0.25, -0.2) is 0 Å². The molecule has 0 saturated heterocycles. The van der Waals surface area contributed by atoms with Crippen molar-refractivity contribution < 1.29 is 0 Å². The summed E-state index contributed by atoms with van der Waals surface area (Å²) in [5.74, 6) is 0. The number of hydrogen-bond acceptors (Lipinski definition) is 1. The van der Waals surface area contributed by atoms with E-state index in [4.69, 9.17) is 17.3 Å². The van der Waals surface area contributed by atoms with Crippen LogP contribution in [0.25, 0.3) is 0 Å². The number of nitrogens with two attached hydrogens (primary N) is 1. The maximum atomic E-state index is 6.17. The summed E-state index contributed by atoms with van der Waals surface area (Å²) in [5, 5.41) is 0.780. The Bertz CT molecular complexity index is 340. The molecule has 1 rings (SSSR count). The van der Waals surface area contributed by atoms with Gasteiger partial charge in [-0.1, -0.05) is 36.6 Å². The van der Waals surface area contributed by atoms with E-state index in [1.165, 1.54) is 24.8 Å². The van der Waals surface area contributed by atoms with Crippen molar-refractivity contribution in [1.29, 1.82) is 0 Å². The SMILES string of the molecule is C=CCCCCCC(N)c1cc(C)cc(Cl)c1. The van der Waals surface area contributed by atoms with Crippen LogP contribution in [-0.4, -0.2) is 0 Å². The van der Waals surface area contributed by atoms with E-state index < -0.39 is 0 Å². The van der Waals surface area contributed by atoms with Gasteiger partial charge in [0, 0.05) is 11.1 Å². The largest absolute Gasteiger partial charge is 0.324 e. The molecule has 0 bridgehead atoms. The van der Waals surface area contributed by atoms with Gasteiger partial charge < -0.3 is 5.73 Å². The summed E-state index contributed by atoms with van der Waals surface area (Å²) >= 11 is 6.03. The number of halogens is 1. The van der Waals surface area contributed by atoms with E-state index in [2.05, 4.69) is 12.6 Å². The van der Waals surface area contributed by atoms with Crippen molar-refractivity contribution >= 4 is 11.6 Å². The minimum absolute atomic E-state index is 0.108. The number of hydrogen-bond donors (Lipinski definition) is 1. The van der Waals surface area contributed by atoms with Crippen molar-refractivity contribution in [3.8, 4) is 0 Å². The molecule has 0 fully saturated rings. The second-order valence-corrected chi connectivity index (χ2v) is 5.03. The Labute approximate surface area is 110 Å². The summed E-state index contributed by atoms with van der Waals surface area (Å²) in [6.07, 6.45) is 7.70. The summed E-state index contributed by atoms with van der Waals surface area (Å²) in [5.41, 5.74) is 8.50. The molecule has 17 heavy (non-hydrogen) atoms. The highest BCUT2D eigenvalue weighted by Gasteiger charge is 2.07. The Balaban J connectivity index is 2.40. The van der Waals surface area contributed by atoms with E-state index in [1.807, 2.05) is 25.1 Å². The molecule has 1 aromatic carbocycles. The van der Waals surface area contributed by atoms with Gasteiger partial charge in [-0.05, 0) is 49.4 Å². The zero-order valence-electron chi connectivity index (χ0n) is 10.6. The van der Waals surface area contributed by atoms with Crippen LogP contribution in [0.15, 0.2) is 30.9 Å². The van der Waals surface area contributed by atoms with Gasteiger partial charge in [-0.2, -0.15) is 0 Å². The van der Waals surface area contributed by atoms with E-state index in [-0.39, 0.29) is 6.04 Å². The van der Waals surface area contributed by atoms with E-state index >= 15 is 0 Å². The molecule has 0 aliphatic carbocycles. The second-order valence-electron chi connectivity index (χ2n) is 4.60. The Hall–Kier alpha value is -0.790. The average molecular weight is 252 g/mol. The molecular weight excluding hydrogens is 230 g/mol. The monoisotopic (exact) mass is 251 g/mol. The number of allylic oxidation sites excluding steroid dienone is 1. The van der Waals surface area contributed by atoms with Crippen molar-refractivity contribution in [1.82, 2.24) is 0 Å². The summed E-state index contributed by atoms with van der Waals surface area (Å²) < 4.78 is 0. The molecule has 94 valence electrons. The highest BCUT2D eigenvalue weighted by Crippen LogP contribution is 2.22. The molecule has 0 amide bonds. The van der Waals surface area contributed by atoms with Crippen LogP contribution in [0.5, 0.6) is 0 Å². The lowest BCUT2D eigenvalue weighted by molar-refractivity contribution is 0.572. The lowest BCUT2D eigenvalue weighted by Crippen LogP contribution is -2.10. The van der Waals surface area contributed by atoms with Crippen LogP contribution >= 0.6 is 11.6 Å². The fourth-order valence-electron chi connectivity index (χ4n) is 1.98. The molecule has 0 aliphatic rings. The van der Waals surface area contributed by atoms with E-state index in [1.54, 1.807) is 0 Å². The maximum Gasteiger partial charge on any atom is 0.0411 e. The van der Waals surface area contributed by atoms with E-state index in [0.717, 1.165) is 23.4 Å². The second kappa shape index (κ2) is 7.52. The molecule has 2 N–H and O–H groups in total. The van der Waals surface area contributed by atoms with Crippen LogP contribution in [0.4, 0.5) is 0 Å². The molecule has 0 aromatic heterocycles. The Kier molecular flexibility index (Phi) is 6.31. The molecule has 2 heteroatoms. The normalized spacial score (nSPS) is 12.4. The predicted octanol–water partition coefficient (Wildman–Crippen LogP) is 4.78. The highest BCUT2D eigenvalue weighted by molar-refractivity contribution is 6.30. The van der Waals surface area contributed by atoms with Crippen LogP contribution in [0.2, 0.25) is 5.02 Å². The third kappa shape index (κ3) is 5.38. The van der Waals surface area contributed by atoms with Crippen LogP contribution in [-0.2, 0) is 0 Å². The van der Waals surface area contributed by atoms with Crippen molar-refractivity contribution in [2.75, 3.05) is 0 Å². The van der Waals surface area contributed by atoms with Crippen LogP contribution in [0, 0.1) is 6.92 Å². The minimum atomic E-state index is 0.108. The molecule has 0 spiro atoms. The maximum absolute atomic E-state index is 6.17. The quantitative estimate of drug-likeness (QED) is 0.548. The third-order valence-corrected chi connectivity index (χ3v) is 3.13. The molecule has 1 nitrogen and oxygen atoms in total. The number of rotatable bonds is 7.